The van der Waals surface area contributed by atoms with Gasteiger partial charge in [0.05, 0.1) is 17.2 Å². The number of H-pyrrole nitrogens is 1. The largest absolute Gasteiger partial charge is 0.372 e. The number of aromatic nitrogens is 6. The fourth-order valence-electron chi connectivity index (χ4n) is 4.11. The molecular weight excluding hydrogens is 406 g/mol. The highest BCUT2D eigenvalue weighted by Crippen LogP contribution is 2.33. The Kier molecular flexibility index (Phi) is 5.10. The lowest BCUT2D eigenvalue weighted by atomic mass is 9.93. The summed E-state index contributed by atoms with van der Waals surface area (Å²) in [5.41, 5.74) is 3.11. The summed E-state index contributed by atoms with van der Waals surface area (Å²) in [4.78, 5) is 16.7. The van der Waals surface area contributed by atoms with E-state index in [-0.39, 0.29) is 12.1 Å². The maximum atomic E-state index is 12.4. The fraction of sp³-hybridized carbons (Fsp3) is 0.400. The Labute approximate surface area is 176 Å². The van der Waals surface area contributed by atoms with E-state index in [4.69, 9.17) is 0 Å². The first-order chi connectivity index (χ1) is 15.1. The molecule has 31 heavy (non-hydrogen) atoms. The van der Waals surface area contributed by atoms with Crippen LogP contribution in [-0.2, 0) is 4.74 Å². The Balaban J connectivity index is 1.39. The molecule has 0 aromatic carbocycles. The van der Waals surface area contributed by atoms with E-state index < -0.39 is 6.61 Å². The molecule has 11 heteroatoms. The molecule has 9 nitrogen and oxygen atoms in total. The number of ether oxygens (including phenoxy) is 1. The van der Waals surface area contributed by atoms with E-state index in [1.807, 2.05) is 25.4 Å². The zero-order valence-corrected chi connectivity index (χ0v) is 16.8. The molecule has 1 aliphatic rings. The maximum Gasteiger partial charge on any atom is 0.345 e. The van der Waals surface area contributed by atoms with E-state index in [9.17, 15) is 8.78 Å². The minimum Gasteiger partial charge on any atom is -0.372 e. The summed E-state index contributed by atoms with van der Waals surface area (Å²) < 4.78 is 31.2. The second kappa shape index (κ2) is 8.06. The highest BCUT2D eigenvalue weighted by molar-refractivity contribution is 6.00. The zero-order valence-electron chi connectivity index (χ0n) is 16.8. The first-order valence-electron chi connectivity index (χ1n) is 10.2. The van der Waals surface area contributed by atoms with E-state index in [0.29, 0.717) is 30.3 Å². The van der Waals surface area contributed by atoms with E-state index in [2.05, 4.69) is 40.4 Å². The van der Waals surface area contributed by atoms with Crippen LogP contribution in [0.5, 0.6) is 0 Å². The van der Waals surface area contributed by atoms with Crippen LogP contribution in [0.1, 0.15) is 25.7 Å². The third kappa shape index (κ3) is 3.88. The van der Waals surface area contributed by atoms with Crippen molar-refractivity contribution in [3.63, 3.8) is 0 Å². The summed E-state index contributed by atoms with van der Waals surface area (Å²) in [5.74, 6) is 1.16. The van der Waals surface area contributed by atoms with Gasteiger partial charge >= 0.3 is 6.61 Å². The predicted molar refractivity (Wildman–Crippen MR) is 112 cm³/mol. The van der Waals surface area contributed by atoms with Gasteiger partial charge in [0.1, 0.15) is 11.5 Å². The predicted octanol–water partition coefficient (Wildman–Crippen LogP) is 3.67. The number of rotatable bonds is 6. The van der Waals surface area contributed by atoms with Gasteiger partial charge in [-0.15, -0.1) is 0 Å². The van der Waals surface area contributed by atoms with Gasteiger partial charge in [0, 0.05) is 37.2 Å². The highest BCUT2D eigenvalue weighted by atomic mass is 19.3. The first-order valence-corrected chi connectivity index (χ1v) is 10.2. The van der Waals surface area contributed by atoms with Gasteiger partial charge in [0.2, 0.25) is 5.95 Å². The van der Waals surface area contributed by atoms with Crippen molar-refractivity contribution in [3.8, 4) is 11.3 Å². The summed E-state index contributed by atoms with van der Waals surface area (Å²) in [7, 11) is 1.81. The lowest BCUT2D eigenvalue weighted by Crippen LogP contribution is -2.31. The van der Waals surface area contributed by atoms with Crippen LogP contribution in [0.25, 0.3) is 27.9 Å². The van der Waals surface area contributed by atoms with Crippen molar-refractivity contribution in [3.05, 3.63) is 30.7 Å². The van der Waals surface area contributed by atoms with Gasteiger partial charge in [-0.1, -0.05) is 0 Å². The van der Waals surface area contributed by atoms with Crippen molar-refractivity contribution in [1.29, 1.82) is 0 Å². The number of imidazole rings is 1. The summed E-state index contributed by atoms with van der Waals surface area (Å²) in [6, 6.07) is 3.93. The van der Waals surface area contributed by atoms with E-state index in [0.717, 1.165) is 35.1 Å². The second-order valence-electron chi connectivity index (χ2n) is 7.54. The van der Waals surface area contributed by atoms with Crippen molar-refractivity contribution in [2.45, 2.75) is 44.4 Å². The Morgan fingerprint density at radius 1 is 1.19 bits per heavy atom. The van der Waals surface area contributed by atoms with Crippen LogP contribution >= 0.6 is 0 Å². The lowest BCUT2D eigenvalue weighted by Gasteiger charge is -2.28. The molecule has 0 atom stereocenters. The van der Waals surface area contributed by atoms with E-state index >= 15 is 0 Å². The van der Waals surface area contributed by atoms with E-state index in [1.165, 1.54) is 0 Å². The molecule has 1 fully saturated rings. The molecule has 0 aliphatic heterocycles. The normalized spacial score (nSPS) is 19.4. The molecule has 0 amide bonds. The Hall–Kier alpha value is -3.34. The number of halogens is 2. The van der Waals surface area contributed by atoms with Gasteiger partial charge in [-0.3, -0.25) is 0 Å². The van der Waals surface area contributed by atoms with Crippen molar-refractivity contribution >= 4 is 28.4 Å². The minimum absolute atomic E-state index is 0.111. The zero-order chi connectivity index (χ0) is 21.4. The number of anilines is 2. The molecular formula is C20H22F2N8O. The number of nitrogens with one attached hydrogen (secondary N) is 3. The second-order valence-corrected chi connectivity index (χ2v) is 7.54. The lowest BCUT2D eigenvalue weighted by molar-refractivity contribution is -0.169. The van der Waals surface area contributed by atoms with Crippen LogP contribution in [-0.4, -0.2) is 55.4 Å². The van der Waals surface area contributed by atoms with Crippen LogP contribution in [0, 0.1) is 0 Å². The van der Waals surface area contributed by atoms with Gasteiger partial charge in [0.25, 0.3) is 0 Å². The number of nitrogens with zero attached hydrogens (tertiary/aromatic N) is 5. The maximum absolute atomic E-state index is 12.4. The molecule has 1 aliphatic carbocycles. The summed E-state index contributed by atoms with van der Waals surface area (Å²) in [6.45, 7) is -2.72. The molecule has 0 unspecified atom stereocenters. The molecule has 5 rings (SSSR count). The number of alkyl halides is 2. The Morgan fingerprint density at radius 3 is 2.81 bits per heavy atom. The Morgan fingerprint density at radius 2 is 2.03 bits per heavy atom. The number of hydrogen-bond donors (Lipinski definition) is 3. The summed E-state index contributed by atoms with van der Waals surface area (Å²) in [5, 5.41) is 11.9. The van der Waals surface area contributed by atoms with Gasteiger partial charge in [0.15, 0.2) is 5.65 Å². The molecule has 0 saturated heterocycles. The number of hydrogen-bond acceptors (Lipinski definition) is 7. The Bertz CT molecular complexity index is 1200. The van der Waals surface area contributed by atoms with E-state index in [1.54, 1.807) is 16.9 Å². The average molecular weight is 428 g/mol. The average Bonchev–Trinajstić information content (AvgIpc) is 3.40. The van der Waals surface area contributed by atoms with Crippen LogP contribution in [0.4, 0.5) is 20.5 Å². The third-order valence-electron chi connectivity index (χ3n) is 5.60. The standard InChI is InChI=1S/C20H22F2N8O/c1-23-17-16-13(14-6-7-15-24-8-9-30(15)29-14)10-25-18(16)28-20(27-17)26-11-2-4-12(5-3-11)31-19(21)22/h6-12,19H,2-5H2,1H3,(H3,23,25,26,27,28)/t11-,12+. The molecule has 0 radical (unpaired) electrons. The van der Waals surface area contributed by atoms with Gasteiger partial charge in [-0.05, 0) is 37.8 Å². The molecule has 1 saturated carbocycles. The van der Waals surface area contributed by atoms with Crippen LogP contribution in [0.2, 0.25) is 0 Å². The molecule has 162 valence electrons. The molecule has 4 heterocycles. The topological polar surface area (TPSA) is 105 Å². The third-order valence-corrected chi connectivity index (χ3v) is 5.60. The van der Waals surface area contributed by atoms with Crippen molar-refractivity contribution in [2.75, 3.05) is 17.7 Å². The van der Waals surface area contributed by atoms with Crippen LogP contribution in [0.15, 0.2) is 30.7 Å². The van der Waals surface area contributed by atoms with Crippen LogP contribution < -0.4 is 10.6 Å². The molecule has 4 aromatic rings. The molecule has 0 spiro atoms. The minimum atomic E-state index is -2.72. The van der Waals surface area contributed by atoms with Gasteiger partial charge in [-0.25, -0.2) is 9.50 Å². The fourth-order valence-corrected chi connectivity index (χ4v) is 4.11. The summed E-state index contributed by atoms with van der Waals surface area (Å²) >= 11 is 0. The van der Waals surface area contributed by atoms with Crippen LogP contribution in [0.3, 0.4) is 0 Å². The SMILES string of the molecule is CNc1nc(N[C@H]2CC[C@@H](OC(F)F)CC2)nc2[nH]cc(-c3ccc4nccn4n3)c12. The first kappa shape index (κ1) is 19.6. The number of fused-ring (bicyclic) bond motifs is 2. The van der Waals surface area contributed by atoms with Crippen molar-refractivity contribution < 1.29 is 13.5 Å². The van der Waals surface area contributed by atoms with Crippen molar-refractivity contribution in [1.82, 2.24) is 29.5 Å². The number of aromatic amines is 1. The smallest absolute Gasteiger partial charge is 0.345 e. The van der Waals surface area contributed by atoms with Crippen molar-refractivity contribution in [2.24, 2.45) is 0 Å². The summed E-state index contributed by atoms with van der Waals surface area (Å²) in [6.07, 6.45) is 7.58. The monoisotopic (exact) mass is 428 g/mol. The van der Waals surface area contributed by atoms with Gasteiger partial charge in [-0.2, -0.15) is 23.8 Å². The quantitative estimate of drug-likeness (QED) is 0.430. The molecule has 4 aromatic heterocycles. The van der Waals surface area contributed by atoms with Gasteiger partial charge < -0.3 is 20.4 Å². The highest BCUT2D eigenvalue weighted by Gasteiger charge is 2.25. The molecule has 3 N–H and O–H groups in total. The molecule has 0 bridgehead atoms.